The van der Waals surface area contributed by atoms with Crippen LogP contribution in [-0.2, 0) is 36.1 Å². The molecule has 5 aromatic rings. The predicted molar refractivity (Wildman–Crippen MR) is 203 cm³/mol. The van der Waals surface area contributed by atoms with Gasteiger partial charge in [-0.25, -0.2) is 9.78 Å². The fourth-order valence-electron chi connectivity index (χ4n) is 6.61. The summed E-state index contributed by atoms with van der Waals surface area (Å²) in [6.45, 7) is 3.07. The number of amides is 4. The third-order valence-electron chi connectivity index (χ3n) is 9.62. The maximum Gasteiger partial charge on any atom is 0.325 e. The largest absolute Gasteiger partial charge is 0.497 e. The average Bonchev–Trinajstić information content (AvgIpc) is 3.64. The van der Waals surface area contributed by atoms with Gasteiger partial charge < -0.3 is 19.7 Å². The monoisotopic (exact) mass is 715 g/mol. The van der Waals surface area contributed by atoms with Crippen molar-refractivity contribution in [3.63, 3.8) is 0 Å². The Morgan fingerprint density at radius 2 is 1.47 bits per heavy atom. The minimum absolute atomic E-state index is 0.236. The number of likely N-dealkylation sites (N-methyl/N-ethyl adjacent to an activating group) is 1. The van der Waals surface area contributed by atoms with Crippen molar-refractivity contribution < 1.29 is 23.9 Å². The summed E-state index contributed by atoms with van der Waals surface area (Å²) in [6.07, 6.45) is 4.30. The molecule has 1 N–H and O–H groups in total. The number of hydrogen-bond donors (Lipinski definition) is 1. The Morgan fingerprint density at radius 1 is 0.849 bits per heavy atom. The van der Waals surface area contributed by atoms with Crippen molar-refractivity contribution in [1.82, 2.24) is 25.0 Å². The van der Waals surface area contributed by atoms with Crippen LogP contribution in [0, 0.1) is 5.92 Å². The van der Waals surface area contributed by atoms with E-state index < -0.39 is 29.8 Å². The van der Waals surface area contributed by atoms with Crippen LogP contribution in [0.2, 0.25) is 0 Å². The number of carbonyl (C=O) groups excluding carboxylic acids is 3. The summed E-state index contributed by atoms with van der Waals surface area (Å²) in [5, 5.41) is 7.38. The highest BCUT2D eigenvalue weighted by molar-refractivity contribution is 6.12. The van der Waals surface area contributed by atoms with Gasteiger partial charge in [0.15, 0.2) is 5.82 Å². The summed E-state index contributed by atoms with van der Waals surface area (Å²) in [5.41, 5.74) is 3.86. The Balaban J connectivity index is 1.27. The minimum atomic E-state index is -1.03. The lowest BCUT2D eigenvalue weighted by atomic mass is 9.81. The lowest BCUT2D eigenvalue weighted by molar-refractivity contribution is -0.156. The highest BCUT2D eigenvalue weighted by Gasteiger charge is 2.55. The van der Waals surface area contributed by atoms with Crippen molar-refractivity contribution in [2.45, 2.75) is 44.9 Å². The molecule has 6 rings (SSSR count). The molecule has 0 radical (unpaired) electrons. The number of methoxy groups -OCH3 is 2. The summed E-state index contributed by atoms with van der Waals surface area (Å²) in [7, 11) is 6.65. The van der Waals surface area contributed by atoms with Crippen LogP contribution in [0.1, 0.15) is 41.6 Å². The van der Waals surface area contributed by atoms with Crippen LogP contribution in [0.5, 0.6) is 11.5 Å². The zero-order chi connectivity index (χ0) is 37.5. The SMILES string of the molecule is CCC(NC(=O)N1C(=O)[C@H](Cc2ccnc(N(Cc3ccc(OC)cc3)Cc3ccc(OC)cc3)c2)[C@H]1C(=O)N(C)c1ccn(C)n1)c1ccccc1. The van der Waals surface area contributed by atoms with Crippen LogP contribution >= 0.6 is 0 Å². The Hall–Kier alpha value is -6.17. The number of likely N-dealkylation sites (tertiary alicyclic amines) is 1. The molecule has 1 aliphatic heterocycles. The maximum absolute atomic E-state index is 14.2. The van der Waals surface area contributed by atoms with E-state index in [-0.39, 0.29) is 12.5 Å². The maximum atomic E-state index is 14.2. The number of rotatable bonds is 14. The molecular weight excluding hydrogens is 670 g/mol. The van der Waals surface area contributed by atoms with E-state index in [0.29, 0.717) is 31.1 Å². The number of benzene rings is 3. The van der Waals surface area contributed by atoms with Crippen LogP contribution in [0.25, 0.3) is 0 Å². The third-order valence-corrected chi connectivity index (χ3v) is 9.62. The highest BCUT2D eigenvalue weighted by atomic mass is 16.5. The molecular formula is C41H45N7O5. The molecule has 2 aromatic heterocycles. The van der Waals surface area contributed by atoms with E-state index >= 15 is 0 Å². The molecule has 12 heteroatoms. The number of aromatic nitrogens is 3. The molecule has 0 aliphatic carbocycles. The number of nitrogens with one attached hydrogen (secondary N) is 1. The second-order valence-corrected chi connectivity index (χ2v) is 13.1. The van der Waals surface area contributed by atoms with Crippen LogP contribution in [0.4, 0.5) is 16.4 Å². The fourth-order valence-corrected chi connectivity index (χ4v) is 6.61. The molecule has 53 heavy (non-hydrogen) atoms. The molecule has 1 saturated heterocycles. The first-order chi connectivity index (χ1) is 25.7. The van der Waals surface area contributed by atoms with E-state index in [1.54, 1.807) is 51.5 Å². The molecule has 0 saturated carbocycles. The van der Waals surface area contributed by atoms with Crippen molar-refractivity contribution in [2.24, 2.45) is 13.0 Å². The molecule has 12 nitrogen and oxygen atoms in total. The molecule has 1 unspecified atom stereocenters. The quantitative estimate of drug-likeness (QED) is 0.141. The number of carbonyl (C=O) groups is 3. The van der Waals surface area contributed by atoms with Gasteiger partial charge in [-0.1, -0.05) is 61.5 Å². The lowest BCUT2D eigenvalue weighted by Crippen LogP contribution is -2.70. The first-order valence-corrected chi connectivity index (χ1v) is 17.6. The first-order valence-electron chi connectivity index (χ1n) is 17.6. The van der Waals surface area contributed by atoms with Gasteiger partial charge in [0.1, 0.15) is 23.4 Å². The number of imide groups is 1. The van der Waals surface area contributed by atoms with Crippen molar-refractivity contribution >= 4 is 29.5 Å². The van der Waals surface area contributed by atoms with Crippen LogP contribution in [-0.4, -0.2) is 64.8 Å². The molecule has 3 atom stereocenters. The second kappa shape index (κ2) is 16.4. The van der Waals surface area contributed by atoms with Crippen molar-refractivity contribution in [1.29, 1.82) is 0 Å². The van der Waals surface area contributed by atoms with Gasteiger partial charge in [0.25, 0.3) is 5.91 Å². The standard InChI is InChI=1S/C41H45N7O5/c1-6-35(31-10-8-7-9-11-31)43-41(51)48-38(40(50)46(3)36-21-23-45(2)44-36)34(39(48)49)24-30-20-22-42-37(25-30)47(26-28-12-16-32(52-4)17-13-28)27-29-14-18-33(53-5)19-15-29/h7-23,25,34-35,38H,6,24,26-27H2,1-5H3,(H,43,51)/t34-,35?,38+/m1/s1. The summed E-state index contributed by atoms with van der Waals surface area (Å²) in [4.78, 5) is 51.2. The van der Waals surface area contributed by atoms with E-state index in [9.17, 15) is 14.4 Å². The van der Waals surface area contributed by atoms with Gasteiger partial charge >= 0.3 is 6.03 Å². The number of nitrogens with zero attached hydrogens (tertiary/aromatic N) is 6. The van der Waals surface area contributed by atoms with E-state index in [1.165, 1.54) is 4.90 Å². The predicted octanol–water partition coefficient (Wildman–Crippen LogP) is 5.93. The summed E-state index contributed by atoms with van der Waals surface area (Å²) in [6, 6.07) is 28.9. The molecule has 274 valence electrons. The molecule has 1 aliphatic rings. The molecule has 3 aromatic carbocycles. The van der Waals surface area contributed by atoms with E-state index in [0.717, 1.165) is 38.7 Å². The Morgan fingerprint density at radius 3 is 2.02 bits per heavy atom. The normalized spacial score (nSPS) is 15.6. The van der Waals surface area contributed by atoms with E-state index in [4.69, 9.17) is 14.5 Å². The third kappa shape index (κ3) is 8.33. The number of ether oxygens (including phenoxy) is 2. The Kier molecular flexibility index (Phi) is 11.4. The molecule has 4 amide bonds. The molecule has 0 bridgehead atoms. The summed E-state index contributed by atoms with van der Waals surface area (Å²) < 4.78 is 12.3. The van der Waals surface area contributed by atoms with Crippen LogP contribution in [0.15, 0.2) is 109 Å². The van der Waals surface area contributed by atoms with Gasteiger partial charge in [-0.15, -0.1) is 0 Å². The van der Waals surface area contributed by atoms with Gasteiger partial charge in [-0.05, 0) is 71.5 Å². The van der Waals surface area contributed by atoms with Gasteiger partial charge in [0.05, 0.1) is 26.2 Å². The number of urea groups is 1. The summed E-state index contributed by atoms with van der Waals surface area (Å²) >= 11 is 0. The minimum Gasteiger partial charge on any atom is -0.497 e. The van der Waals surface area contributed by atoms with Gasteiger partial charge in [-0.2, -0.15) is 5.10 Å². The van der Waals surface area contributed by atoms with E-state index in [2.05, 4.69) is 15.3 Å². The van der Waals surface area contributed by atoms with Gasteiger partial charge in [0, 0.05) is 45.6 Å². The number of pyridine rings is 1. The topological polar surface area (TPSA) is 122 Å². The van der Waals surface area contributed by atoms with Crippen LogP contribution in [0.3, 0.4) is 0 Å². The summed E-state index contributed by atoms with van der Waals surface area (Å²) in [5.74, 6) is 1.08. The molecule has 0 spiro atoms. The average molecular weight is 716 g/mol. The van der Waals surface area contributed by atoms with Gasteiger partial charge in [0.2, 0.25) is 5.91 Å². The zero-order valence-electron chi connectivity index (χ0n) is 30.7. The lowest BCUT2D eigenvalue weighted by Gasteiger charge is -2.45. The Labute approximate surface area is 309 Å². The van der Waals surface area contributed by atoms with Crippen molar-refractivity contribution in [3.8, 4) is 11.5 Å². The number of β-lactam (4-membered cyclic amide) rings is 1. The molecule has 3 heterocycles. The fraction of sp³-hybridized carbons (Fsp3) is 0.293. The number of aryl methyl sites for hydroxylation is 1. The smallest absolute Gasteiger partial charge is 0.325 e. The van der Waals surface area contributed by atoms with E-state index in [1.807, 2.05) is 97.9 Å². The van der Waals surface area contributed by atoms with Gasteiger partial charge in [-0.3, -0.25) is 24.1 Å². The van der Waals surface area contributed by atoms with Crippen molar-refractivity contribution in [2.75, 3.05) is 31.1 Å². The first kappa shape index (κ1) is 36.6. The van der Waals surface area contributed by atoms with Crippen LogP contribution < -0.4 is 24.6 Å². The number of anilines is 2. The second-order valence-electron chi connectivity index (χ2n) is 13.1. The number of hydrogen-bond acceptors (Lipinski definition) is 8. The highest BCUT2D eigenvalue weighted by Crippen LogP contribution is 2.34. The zero-order valence-corrected chi connectivity index (χ0v) is 30.7. The molecule has 1 fully saturated rings. The van der Waals surface area contributed by atoms with Crippen molar-refractivity contribution in [3.05, 3.63) is 132 Å². The Bertz CT molecular complexity index is 1970.